The molecular weight excluding hydrogens is 124 g/mol. The molecule has 1 aliphatic rings. The highest BCUT2D eigenvalue weighted by molar-refractivity contribution is 5.75. The molecular formula is C8H17N2+. The minimum atomic E-state index is 0.898. The van der Waals surface area contributed by atoms with Gasteiger partial charge < -0.3 is 0 Å². The van der Waals surface area contributed by atoms with E-state index in [-0.39, 0.29) is 0 Å². The summed E-state index contributed by atoms with van der Waals surface area (Å²) in [5.74, 6) is 2.29. The van der Waals surface area contributed by atoms with Gasteiger partial charge in [-0.15, -0.1) is 0 Å². The molecule has 0 unspecified atom stereocenters. The van der Waals surface area contributed by atoms with Crippen molar-refractivity contribution >= 4 is 5.84 Å². The lowest BCUT2D eigenvalue weighted by Crippen LogP contribution is -2.49. The van der Waals surface area contributed by atoms with Crippen molar-refractivity contribution in [3.63, 3.8) is 0 Å². The Kier molecular flexibility index (Phi) is 1.97. The van der Waals surface area contributed by atoms with E-state index in [1.165, 1.54) is 18.9 Å². The number of nitrogens with zero attached hydrogens (tertiary/aromatic N) is 2. The molecule has 0 N–H and O–H groups in total. The van der Waals surface area contributed by atoms with Crippen molar-refractivity contribution < 1.29 is 4.58 Å². The van der Waals surface area contributed by atoms with Crippen LogP contribution >= 0.6 is 0 Å². The second kappa shape index (κ2) is 2.60. The van der Waals surface area contributed by atoms with Crippen LogP contribution in [0, 0.1) is 5.92 Å². The average Bonchev–Trinajstić information content (AvgIpc) is 1.79. The lowest BCUT2D eigenvalue weighted by atomic mass is 10.0. The fraction of sp³-hybridized carbons (Fsp3) is 0.875. The summed E-state index contributed by atoms with van der Waals surface area (Å²) in [5, 5.41) is 0. The van der Waals surface area contributed by atoms with Crippen molar-refractivity contribution in [3.8, 4) is 0 Å². The third-order valence-corrected chi connectivity index (χ3v) is 2.17. The molecule has 1 heterocycles. The summed E-state index contributed by atoms with van der Waals surface area (Å²) in [5.41, 5.74) is 0. The normalized spacial score (nSPS) is 18.6. The maximum absolute atomic E-state index is 2.41. The van der Waals surface area contributed by atoms with E-state index in [1.807, 2.05) is 0 Å². The van der Waals surface area contributed by atoms with Crippen molar-refractivity contribution in [2.45, 2.75) is 13.8 Å². The molecule has 0 aliphatic carbocycles. The third kappa shape index (κ3) is 1.31. The standard InChI is InChI=1S/C8H17N2/c1-7-5-10(6-7)8(2)9(3)4/h7H,5-6H2,1-4H3/q+1. The zero-order valence-electron chi connectivity index (χ0n) is 7.39. The van der Waals surface area contributed by atoms with E-state index in [1.54, 1.807) is 0 Å². The quantitative estimate of drug-likeness (QED) is 0.272. The van der Waals surface area contributed by atoms with Gasteiger partial charge in [-0.3, -0.25) is 9.48 Å². The Hall–Kier alpha value is -0.530. The van der Waals surface area contributed by atoms with Crippen LogP contribution in [-0.4, -0.2) is 42.5 Å². The van der Waals surface area contributed by atoms with Crippen molar-refractivity contribution in [2.24, 2.45) is 5.92 Å². The Morgan fingerprint density at radius 3 is 2.20 bits per heavy atom. The molecule has 0 aromatic rings. The van der Waals surface area contributed by atoms with Gasteiger partial charge in [0.05, 0.1) is 27.2 Å². The molecule has 0 atom stereocenters. The van der Waals surface area contributed by atoms with Gasteiger partial charge in [-0.1, -0.05) is 6.92 Å². The zero-order chi connectivity index (χ0) is 7.72. The summed E-state index contributed by atoms with van der Waals surface area (Å²) < 4.78 is 2.17. The lowest BCUT2D eigenvalue weighted by molar-refractivity contribution is -0.471. The summed E-state index contributed by atoms with van der Waals surface area (Å²) in [6, 6.07) is 0. The molecule has 1 aliphatic heterocycles. The van der Waals surface area contributed by atoms with Gasteiger partial charge >= 0.3 is 0 Å². The van der Waals surface area contributed by atoms with E-state index in [2.05, 4.69) is 37.4 Å². The molecule has 0 amide bonds. The van der Waals surface area contributed by atoms with E-state index in [0.29, 0.717) is 0 Å². The number of amidine groups is 1. The Balaban J connectivity index is 2.46. The fourth-order valence-electron chi connectivity index (χ4n) is 1.25. The molecule has 2 heteroatoms. The van der Waals surface area contributed by atoms with Crippen LogP contribution in [0.1, 0.15) is 13.8 Å². The molecule has 10 heavy (non-hydrogen) atoms. The Morgan fingerprint density at radius 1 is 1.40 bits per heavy atom. The second-order valence-electron chi connectivity index (χ2n) is 3.45. The number of hydrogen-bond donors (Lipinski definition) is 0. The first-order chi connectivity index (χ1) is 4.61. The molecule has 58 valence electrons. The first kappa shape index (κ1) is 7.58. The minimum absolute atomic E-state index is 0.898. The molecule has 1 rings (SSSR count). The summed E-state index contributed by atoms with van der Waals surface area (Å²) in [4.78, 5) is 2.41. The van der Waals surface area contributed by atoms with Crippen LogP contribution in [0.15, 0.2) is 0 Å². The smallest absolute Gasteiger partial charge is 0.243 e. The topological polar surface area (TPSA) is 6.25 Å². The summed E-state index contributed by atoms with van der Waals surface area (Å²) in [6.45, 7) is 6.94. The highest BCUT2D eigenvalue weighted by Gasteiger charge is 2.30. The van der Waals surface area contributed by atoms with Gasteiger partial charge in [-0.05, 0) is 0 Å². The van der Waals surface area contributed by atoms with E-state index in [4.69, 9.17) is 0 Å². The summed E-state index contributed by atoms with van der Waals surface area (Å²) >= 11 is 0. The van der Waals surface area contributed by atoms with E-state index in [9.17, 15) is 0 Å². The predicted molar refractivity (Wildman–Crippen MR) is 43.5 cm³/mol. The van der Waals surface area contributed by atoms with Crippen LogP contribution in [0.3, 0.4) is 0 Å². The minimum Gasteiger partial charge on any atom is -0.271 e. The second-order valence-corrected chi connectivity index (χ2v) is 3.45. The highest BCUT2D eigenvalue weighted by atomic mass is 15.3. The van der Waals surface area contributed by atoms with Gasteiger partial charge in [0, 0.05) is 12.8 Å². The van der Waals surface area contributed by atoms with Crippen molar-refractivity contribution in [1.29, 1.82) is 0 Å². The van der Waals surface area contributed by atoms with E-state index >= 15 is 0 Å². The number of hydrogen-bond acceptors (Lipinski definition) is 0. The monoisotopic (exact) mass is 141 g/mol. The van der Waals surface area contributed by atoms with E-state index in [0.717, 1.165) is 5.92 Å². The average molecular weight is 141 g/mol. The first-order valence-electron chi connectivity index (χ1n) is 3.87. The molecule has 0 radical (unpaired) electrons. The van der Waals surface area contributed by atoms with Gasteiger partial charge in [-0.2, -0.15) is 0 Å². The molecule has 2 nitrogen and oxygen atoms in total. The lowest BCUT2D eigenvalue weighted by Gasteiger charge is -2.32. The van der Waals surface area contributed by atoms with Crippen molar-refractivity contribution in [2.75, 3.05) is 27.2 Å². The van der Waals surface area contributed by atoms with Crippen LogP contribution in [0.4, 0.5) is 0 Å². The maximum Gasteiger partial charge on any atom is 0.243 e. The summed E-state index contributed by atoms with van der Waals surface area (Å²) in [6.07, 6.45) is 0. The van der Waals surface area contributed by atoms with Crippen molar-refractivity contribution in [1.82, 2.24) is 4.90 Å². The van der Waals surface area contributed by atoms with Gasteiger partial charge in [-0.25, -0.2) is 0 Å². The van der Waals surface area contributed by atoms with Gasteiger partial charge in [0.25, 0.3) is 0 Å². The van der Waals surface area contributed by atoms with Crippen LogP contribution in [-0.2, 0) is 0 Å². The van der Waals surface area contributed by atoms with Gasteiger partial charge in [0.15, 0.2) is 0 Å². The van der Waals surface area contributed by atoms with Gasteiger partial charge in [0.1, 0.15) is 0 Å². The van der Waals surface area contributed by atoms with Crippen LogP contribution in [0.5, 0.6) is 0 Å². The molecule has 0 aromatic carbocycles. The first-order valence-corrected chi connectivity index (χ1v) is 3.87. The molecule has 0 aromatic heterocycles. The Morgan fingerprint density at radius 2 is 1.90 bits per heavy atom. The Labute approximate surface area is 63.2 Å². The molecule has 1 saturated heterocycles. The van der Waals surface area contributed by atoms with Crippen molar-refractivity contribution in [3.05, 3.63) is 0 Å². The van der Waals surface area contributed by atoms with E-state index < -0.39 is 0 Å². The highest BCUT2D eigenvalue weighted by Crippen LogP contribution is 2.13. The number of likely N-dealkylation sites (tertiary alicyclic amines) is 1. The molecule has 0 bridgehead atoms. The van der Waals surface area contributed by atoms with Crippen LogP contribution < -0.4 is 0 Å². The third-order valence-electron chi connectivity index (χ3n) is 2.17. The zero-order valence-corrected chi connectivity index (χ0v) is 7.39. The molecule has 1 fully saturated rings. The fourth-order valence-corrected chi connectivity index (χ4v) is 1.25. The van der Waals surface area contributed by atoms with Crippen LogP contribution in [0.2, 0.25) is 0 Å². The maximum atomic E-state index is 2.41. The number of rotatable bonds is 0. The van der Waals surface area contributed by atoms with Gasteiger partial charge in [0.2, 0.25) is 5.84 Å². The SMILES string of the molecule is CC(N1CC(C)C1)=[N+](C)C. The van der Waals surface area contributed by atoms with Crippen LogP contribution in [0.25, 0.3) is 0 Å². The predicted octanol–water partition coefficient (Wildman–Crippen LogP) is 0.629. The molecule has 0 spiro atoms. The summed E-state index contributed by atoms with van der Waals surface area (Å²) in [7, 11) is 4.19. The Bertz CT molecular complexity index is 151. The molecule has 0 saturated carbocycles. The largest absolute Gasteiger partial charge is 0.271 e.